The predicted molar refractivity (Wildman–Crippen MR) is 114 cm³/mol. The summed E-state index contributed by atoms with van der Waals surface area (Å²) in [6, 6.07) is 15.3. The number of carbonyl (C=O) groups excluding carboxylic acids is 1. The van der Waals surface area contributed by atoms with Gasteiger partial charge in [-0.25, -0.2) is 0 Å². The van der Waals surface area contributed by atoms with Gasteiger partial charge in [-0.05, 0) is 49.7 Å². The molecule has 4 rings (SSSR count). The Bertz CT molecular complexity index is 1220. The van der Waals surface area contributed by atoms with E-state index in [1.165, 1.54) is 11.8 Å². The summed E-state index contributed by atoms with van der Waals surface area (Å²) in [4.78, 5) is 13.0. The minimum atomic E-state index is -0.347. The first-order valence-electron chi connectivity index (χ1n) is 9.20. The van der Waals surface area contributed by atoms with Gasteiger partial charge in [0, 0.05) is 10.9 Å². The fourth-order valence-electron chi connectivity index (χ4n) is 3.39. The summed E-state index contributed by atoms with van der Waals surface area (Å²) in [5.41, 5.74) is 3.51. The van der Waals surface area contributed by atoms with Crippen LogP contribution in [0.15, 0.2) is 53.7 Å². The van der Waals surface area contributed by atoms with Gasteiger partial charge in [0.1, 0.15) is 0 Å². The highest BCUT2D eigenvalue weighted by molar-refractivity contribution is 8.00. The summed E-state index contributed by atoms with van der Waals surface area (Å²) in [5.74, 6) is 1.11. The third kappa shape index (κ3) is 3.42. The first-order chi connectivity index (χ1) is 14.0. The first-order valence-corrected chi connectivity index (χ1v) is 10.1. The van der Waals surface area contributed by atoms with Crippen LogP contribution in [0.5, 0.6) is 11.5 Å². The van der Waals surface area contributed by atoms with Crippen LogP contribution in [0.4, 0.5) is 0 Å². The molecular weight excluding hydrogens is 386 g/mol. The number of ketones is 1. The van der Waals surface area contributed by atoms with Crippen LogP contribution in [0.1, 0.15) is 22.8 Å². The van der Waals surface area contributed by atoms with Crippen LogP contribution in [0.25, 0.3) is 16.6 Å². The molecule has 0 bridgehead atoms. The minimum Gasteiger partial charge on any atom is -0.493 e. The molecule has 29 heavy (non-hydrogen) atoms. The molecule has 0 fully saturated rings. The highest BCUT2D eigenvalue weighted by atomic mass is 32.2. The van der Waals surface area contributed by atoms with Crippen LogP contribution < -0.4 is 9.47 Å². The molecule has 0 saturated carbocycles. The number of methoxy groups -OCH3 is 2. The maximum absolute atomic E-state index is 13.0. The normalized spacial score (nSPS) is 12.3. The number of fused-ring (bicyclic) bond motifs is 3. The quantitative estimate of drug-likeness (QED) is 0.345. The molecule has 6 nitrogen and oxygen atoms in total. The molecule has 1 unspecified atom stereocenters. The number of thioether (sulfide) groups is 1. The second kappa shape index (κ2) is 7.75. The van der Waals surface area contributed by atoms with Crippen molar-refractivity contribution in [2.45, 2.75) is 24.3 Å². The number of aromatic nitrogens is 3. The van der Waals surface area contributed by atoms with E-state index in [0.717, 1.165) is 22.1 Å². The average molecular weight is 407 g/mol. The van der Waals surface area contributed by atoms with E-state index in [2.05, 4.69) is 23.2 Å². The molecule has 7 heteroatoms. The Morgan fingerprint density at radius 2 is 1.79 bits per heavy atom. The first kappa shape index (κ1) is 19.3. The molecule has 0 spiro atoms. The van der Waals surface area contributed by atoms with Gasteiger partial charge in [-0.3, -0.25) is 9.20 Å². The predicted octanol–water partition coefficient (Wildman–Crippen LogP) is 4.57. The molecule has 0 amide bonds. The van der Waals surface area contributed by atoms with Gasteiger partial charge >= 0.3 is 0 Å². The molecule has 2 heterocycles. The number of hydrogen-bond acceptors (Lipinski definition) is 6. The van der Waals surface area contributed by atoms with Gasteiger partial charge in [0.15, 0.2) is 28.1 Å². The van der Waals surface area contributed by atoms with Gasteiger partial charge in [0.25, 0.3) is 0 Å². The van der Waals surface area contributed by atoms with Crippen molar-refractivity contribution >= 4 is 34.1 Å². The number of hydrogen-bond donors (Lipinski definition) is 0. The van der Waals surface area contributed by atoms with E-state index < -0.39 is 0 Å². The smallest absolute Gasteiger partial charge is 0.196 e. The molecule has 0 aliphatic carbocycles. The summed E-state index contributed by atoms with van der Waals surface area (Å²) < 4.78 is 12.6. The maximum Gasteiger partial charge on any atom is 0.196 e. The SMILES string of the molecule is COc1ccc(C(=O)C(C)Sc2nnc3cc(C)c4ccccc4n23)cc1OC. The van der Waals surface area contributed by atoms with Crippen LogP contribution in [0.2, 0.25) is 0 Å². The van der Waals surface area contributed by atoms with E-state index in [9.17, 15) is 4.79 Å². The fraction of sp³-hybridized carbons (Fsp3) is 0.227. The number of rotatable bonds is 6. The summed E-state index contributed by atoms with van der Waals surface area (Å²) in [7, 11) is 3.12. The molecule has 0 radical (unpaired) electrons. The van der Waals surface area contributed by atoms with Crippen LogP contribution in [0.3, 0.4) is 0 Å². The lowest BCUT2D eigenvalue weighted by molar-refractivity contribution is 0.0993. The number of para-hydroxylation sites is 1. The standard InChI is InChI=1S/C22H21N3O3S/c1-13-11-20-23-24-22(25(20)17-8-6-5-7-16(13)17)29-14(2)21(26)15-9-10-18(27-3)19(12-15)28-4/h5-12,14H,1-4H3. The number of aryl methyl sites for hydroxylation is 1. The molecular formula is C22H21N3O3S. The Labute approximate surface area is 172 Å². The summed E-state index contributed by atoms with van der Waals surface area (Å²) >= 11 is 1.39. The second-order valence-corrected chi connectivity index (χ2v) is 8.02. The van der Waals surface area contributed by atoms with E-state index in [-0.39, 0.29) is 11.0 Å². The van der Waals surface area contributed by atoms with Crippen LogP contribution in [0, 0.1) is 6.92 Å². The largest absolute Gasteiger partial charge is 0.493 e. The van der Waals surface area contributed by atoms with Gasteiger partial charge in [0.2, 0.25) is 0 Å². The third-order valence-corrected chi connectivity index (χ3v) is 5.94. The van der Waals surface area contributed by atoms with Gasteiger partial charge in [-0.2, -0.15) is 0 Å². The molecule has 0 aliphatic rings. The van der Waals surface area contributed by atoms with Gasteiger partial charge in [0.05, 0.1) is 25.0 Å². The Balaban J connectivity index is 1.68. The van der Waals surface area contributed by atoms with E-state index in [1.54, 1.807) is 32.4 Å². The Morgan fingerprint density at radius 1 is 1.03 bits per heavy atom. The Hall–Kier alpha value is -3.06. The molecule has 0 saturated heterocycles. The number of ether oxygens (including phenoxy) is 2. The molecule has 0 N–H and O–H groups in total. The highest BCUT2D eigenvalue weighted by Crippen LogP contribution is 2.32. The van der Waals surface area contributed by atoms with Crippen molar-refractivity contribution in [2.75, 3.05) is 14.2 Å². The molecule has 148 valence electrons. The van der Waals surface area contributed by atoms with E-state index in [1.807, 2.05) is 35.6 Å². The average Bonchev–Trinajstić information content (AvgIpc) is 3.15. The van der Waals surface area contributed by atoms with Gasteiger partial charge in [-0.1, -0.05) is 30.0 Å². The molecule has 0 aliphatic heterocycles. The summed E-state index contributed by atoms with van der Waals surface area (Å²) in [5, 5.41) is 10.1. The number of benzene rings is 2. The highest BCUT2D eigenvalue weighted by Gasteiger charge is 2.21. The minimum absolute atomic E-state index is 0.0101. The van der Waals surface area contributed by atoms with E-state index in [0.29, 0.717) is 22.2 Å². The Kier molecular flexibility index (Phi) is 5.15. The lowest BCUT2D eigenvalue weighted by Gasteiger charge is -2.13. The lowest BCUT2D eigenvalue weighted by atomic mass is 10.1. The van der Waals surface area contributed by atoms with Crippen molar-refractivity contribution in [3.8, 4) is 11.5 Å². The zero-order valence-corrected chi connectivity index (χ0v) is 17.5. The maximum atomic E-state index is 13.0. The zero-order valence-electron chi connectivity index (χ0n) is 16.7. The van der Waals surface area contributed by atoms with Crippen molar-refractivity contribution in [1.82, 2.24) is 14.6 Å². The summed E-state index contributed by atoms with van der Waals surface area (Å²) in [6.45, 7) is 3.94. The van der Waals surface area contributed by atoms with Crippen molar-refractivity contribution in [3.05, 3.63) is 59.7 Å². The monoisotopic (exact) mass is 407 g/mol. The fourth-order valence-corrected chi connectivity index (χ4v) is 4.33. The lowest BCUT2D eigenvalue weighted by Crippen LogP contribution is -2.14. The third-order valence-electron chi connectivity index (χ3n) is 4.89. The van der Waals surface area contributed by atoms with Crippen molar-refractivity contribution in [3.63, 3.8) is 0 Å². The number of carbonyl (C=O) groups is 1. The van der Waals surface area contributed by atoms with Crippen LogP contribution in [-0.4, -0.2) is 39.9 Å². The van der Waals surface area contributed by atoms with Crippen molar-refractivity contribution < 1.29 is 14.3 Å². The van der Waals surface area contributed by atoms with Crippen molar-refractivity contribution in [1.29, 1.82) is 0 Å². The van der Waals surface area contributed by atoms with Crippen molar-refractivity contribution in [2.24, 2.45) is 0 Å². The molecule has 1 atom stereocenters. The van der Waals surface area contributed by atoms with E-state index in [4.69, 9.17) is 9.47 Å². The molecule has 2 aromatic heterocycles. The zero-order chi connectivity index (χ0) is 20.5. The molecule has 2 aromatic carbocycles. The van der Waals surface area contributed by atoms with Gasteiger partial charge < -0.3 is 9.47 Å². The Morgan fingerprint density at radius 3 is 2.55 bits per heavy atom. The number of nitrogens with zero attached hydrogens (tertiary/aromatic N) is 3. The molecule has 4 aromatic rings. The number of pyridine rings is 1. The van der Waals surface area contributed by atoms with Crippen LogP contribution >= 0.6 is 11.8 Å². The topological polar surface area (TPSA) is 65.7 Å². The number of Topliss-reactive ketones (excluding diaryl/α,β-unsaturated/α-hetero) is 1. The second-order valence-electron chi connectivity index (χ2n) is 6.71. The van der Waals surface area contributed by atoms with E-state index >= 15 is 0 Å². The van der Waals surface area contributed by atoms with Crippen LogP contribution in [-0.2, 0) is 0 Å². The summed E-state index contributed by atoms with van der Waals surface area (Å²) in [6.07, 6.45) is 0. The van der Waals surface area contributed by atoms with Gasteiger partial charge in [-0.15, -0.1) is 10.2 Å².